The van der Waals surface area contributed by atoms with E-state index in [1.165, 1.54) is 3.57 Å². The van der Waals surface area contributed by atoms with Crippen molar-refractivity contribution in [1.29, 1.82) is 0 Å². The molecule has 2 rings (SSSR count). The fourth-order valence-electron chi connectivity index (χ4n) is 1.39. The van der Waals surface area contributed by atoms with E-state index in [9.17, 15) is 0 Å². The zero-order valence-corrected chi connectivity index (χ0v) is 12.4. The van der Waals surface area contributed by atoms with Gasteiger partial charge in [-0.3, -0.25) is 4.99 Å². The molecule has 16 heavy (non-hydrogen) atoms. The maximum Gasteiger partial charge on any atom is 0.161 e. The Balaban J connectivity index is 2.07. The number of aliphatic imine (C=N–C) groups is 1. The molecule has 0 fully saturated rings. The van der Waals surface area contributed by atoms with Crippen LogP contribution in [0.2, 0.25) is 0 Å². The molecule has 0 saturated heterocycles. The van der Waals surface area contributed by atoms with E-state index in [2.05, 4.69) is 58.9 Å². The highest BCUT2D eigenvalue weighted by molar-refractivity contribution is 14.1. The lowest BCUT2D eigenvalue weighted by Crippen LogP contribution is -2.27. The fourth-order valence-corrected chi connectivity index (χ4v) is 2.87. The first-order chi connectivity index (χ1) is 7.57. The number of benzene rings is 1. The predicted molar refractivity (Wildman–Crippen MR) is 81.3 cm³/mol. The summed E-state index contributed by atoms with van der Waals surface area (Å²) in [6.45, 7) is 5.42. The molecular formula is C12H15IN2S. The summed E-state index contributed by atoms with van der Waals surface area (Å²) in [5.74, 6) is 1.13. The molecule has 0 atom stereocenters. The highest BCUT2D eigenvalue weighted by Crippen LogP contribution is 2.29. The number of halogens is 1. The van der Waals surface area contributed by atoms with Crippen LogP contribution in [0.1, 0.15) is 13.8 Å². The third-order valence-corrected chi connectivity index (χ3v) is 4.74. The molecule has 0 radical (unpaired) electrons. The number of nitrogens with one attached hydrogen (secondary N) is 1. The van der Waals surface area contributed by atoms with Crippen LogP contribution in [0.25, 0.3) is 0 Å². The number of nitrogens with zero attached hydrogens (tertiary/aromatic N) is 1. The number of hydrogen-bond donors (Lipinski definition) is 1. The zero-order chi connectivity index (χ0) is 11.6. The lowest BCUT2D eigenvalue weighted by molar-refractivity contribution is 0.438. The van der Waals surface area contributed by atoms with E-state index in [4.69, 9.17) is 0 Å². The Morgan fingerprint density at radius 3 is 2.75 bits per heavy atom. The van der Waals surface area contributed by atoms with Gasteiger partial charge in [-0.05, 0) is 40.1 Å². The van der Waals surface area contributed by atoms with Crippen molar-refractivity contribution in [3.05, 3.63) is 27.8 Å². The first-order valence-electron chi connectivity index (χ1n) is 5.26. The van der Waals surface area contributed by atoms with Crippen LogP contribution in [0.4, 0.5) is 5.69 Å². The topological polar surface area (TPSA) is 24.4 Å². The third-order valence-electron chi connectivity index (χ3n) is 2.37. The molecule has 1 aromatic carbocycles. The molecule has 4 heteroatoms. The Morgan fingerprint density at radius 2 is 2.12 bits per heavy atom. The van der Waals surface area contributed by atoms with Gasteiger partial charge in [0.2, 0.25) is 0 Å². The van der Waals surface area contributed by atoms with E-state index >= 15 is 0 Å². The molecular weight excluding hydrogens is 331 g/mol. The van der Waals surface area contributed by atoms with E-state index < -0.39 is 0 Å². The van der Waals surface area contributed by atoms with Gasteiger partial charge in [0.05, 0.1) is 5.69 Å². The van der Waals surface area contributed by atoms with Gasteiger partial charge in [-0.1, -0.05) is 37.7 Å². The second kappa shape index (κ2) is 4.96. The van der Waals surface area contributed by atoms with Crippen LogP contribution in [-0.2, 0) is 0 Å². The van der Waals surface area contributed by atoms with Crippen LogP contribution in [0, 0.1) is 8.99 Å². The minimum atomic E-state index is 0.333. The molecule has 0 aliphatic carbocycles. The Labute approximate surface area is 114 Å². The number of hydrogen-bond acceptors (Lipinski definition) is 3. The van der Waals surface area contributed by atoms with Crippen LogP contribution in [0.3, 0.4) is 0 Å². The van der Waals surface area contributed by atoms with Gasteiger partial charge < -0.3 is 5.32 Å². The van der Waals surface area contributed by atoms with Gasteiger partial charge >= 0.3 is 0 Å². The fraction of sp³-hybridized carbons (Fsp3) is 0.417. The minimum absolute atomic E-state index is 0.333. The number of amidine groups is 1. The normalized spacial score (nSPS) is 19.1. The van der Waals surface area contributed by atoms with E-state index in [-0.39, 0.29) is 0 Å². The Kier molecular flexibility index (Phi) is 3.79. The summed E-state index contributed by atoms with van der Waals surface area (Å²) in [5, 5.41) is 4.44. The second-order valence-corrected chi connectivity index (χ2v) is 6.81. The maximum absolute atomic E-state index is 4.58. The maximum atomic E-state index is 4.58. The SMILES string of the molecule is CC1(C)CN=C(Nc2ccccc2I)SC1. The molecule has 0 amide bonds. The number of thioether (sulfide) groups is 1. The summed E-state index contributed by atoms with van der Waals surface area (Å²) in [5.41, 5.74) is 1.48. The molecule has 0 bridgehead atoms. The van der Waals surface area contributed by atoms with Crippen molar-refractivity contribution in [3.63, 3.8) is 0 Å². The van der Waals surface area contributed by atoms with Crippen molar-refractivity contribution in [3.8, 4) is 0 Å². The van der Waals surface area contributed by atoms with Gasteiger partial charge in [0, 0.05) is 15.9 Å². The average molecular weight is 346 g/mol. The lowest BCUT2D eigenvalue weighted by Gasteiger charge is -2.27. The van der Waals surface area contributed by atoms with Crippen LogP contribution in [0.15, 0.2) is 29.3 Å². The van der Waals surface area contributed by atoms with Crippen molar-refractivity contribution in [1.82, 2.24) is 0 Å². The first kappa shape index (κ1) is 12.2. The van der Waals surface area contributed by atoms with Gasteiger partial charge in [0.1, 0.15) is 0 Å². The summed E-state index contributed by atoms with van der Waals surface area (Å²) in [6, 6.07) is 8.28. The van der Waals surface area contributed by atoms with Crippen molar-refractivity contribution < 1.29 is 0 Å². The number of para-hydroxylation sites is 1. The molecule has 0 unspecified atom stereocenters. The predicted octanol–water partition coefficient (Wildman–Crippen LogP) is 3.83. The Bertz CT molecular complexity index is 415. The van der Waals surface area contributed by atoms with Crippen LogP contribution in [-0.4, -0.2) is 17.5 Å². The van der Waals surface area contributed by atoms with E-state index in [0.29, 0.717) is 5.41 Å². The summed E-state index contributed by atoms with van der Waals surface area (Å²) < 4.78 is 1.23. The van der Waals surface area contributed by atoms with Gasteiger partial charge in [-0.25, -0.2) is 0 Å². The molecule has 0 saturated carbocycles. The molecule has 0 spiro atoms. The van der Waals surface area contributed by atoms with E-state index in [0.717, 1.165) is 23.2 Å². The van der Waals surface area contributed by atoms with Crippen LogP contribution >= 0.6 is 34.4 Å². The molecule has 2 nitrogen and oxygen atoms in total. The quantitative estimate of drug-likeness (QED) is 0.782. The summed E-state index contributed by atoms with van der Waals surface area (Å²) in [7, 11) is 0. The lowest BCUT2D eigenvalue weighted by atomic mass is 9.97. The van der Waals surface area contributed by atoms with Crippen molar-refractivity contribution in [2.24, 2.45) is 10.4 Å². The summed E-state index contributed by atoms with van der Waals surface area (Å²) in [4.78, 5) is 4.58. The van der Waals surface area contributed by atoms with Crippen molar-refractivity contribution >= 4 is 45.2 Å². The standard InChI is InChI=1S/C12H15IN2S/c1-12(2)7-14-11(16-8-12)15-10-6-4-3-5-9(10)13/h3-6H,7-8H2,1-2H3,(H,14,15). The van der Waals surface area contributed by atoms with E-state index in [1.54, 1.807) is 0 Å². The minimum Gasteiger partial charge on any atom is -0.334 e. The summed E-state index contributed by atoms with van der Waals surface area (Å²) >= 11 is 4.15. The van der Waals surface area contributed by atoms with Crippen LogP contribution in [0.5, 0.6) is 0 Å². The molecule has 86 valence electrons. The van der Waals surface area contributed by atoms with Crippen molar-refractivity contribution in [2.75, 3.05) is 17.6 Å². The van der Waals surface area contributed by atoms with Gasteiger partial charge in [0.25, 0.3) is 0 Å². The Morgan fingerprint density at radius 1 is 1.38 bits per heavy atom. The number of anilines is 1. The van der Waals surface area contributed by atoms with Gasteiger partial charge in [0.15, 0.2) is 5.17 Å². The van der Waals surface area contributed by atoms with Crippen LogP contribution < -0.4 is 5.32 Å². The van der Waals surface area contributed by atoms with Crippen molar-refractivity contribution in [2.45, 2.75) is 13.8 Å². The van der Waals surface area contributed by atoms with Gasteiger partial charge in [-0.15, -0.1) is 0 Å². The average Bonchev–Trinajstić information content (AvgIpc) is 2.24. The molecule has 1 aliphatic heterocycles. The van der Waals surface area contributed by atoms with Gasteiger partial charge in [-0.2, -0.15) is 0 Å². The van der Waals surface area contributed by atoms with E-state index in [1.807, 2.05) is 23.9 Å². The first-order valence-corrected chi connectivity index (χ1v) is 7.32. The Hall–Kier alpha value is -0.230. The molecule has 1 heterocycles. The second-order valence-electron chi connectivity index (χ2n) is 4.68. The molecule has 1 N–H and O–H groups in total. The molecule has 1 aromatic rings. The summed E-state index contributed by atoms with van der Waals surface area (Å²) in [6.07, 6.45) is 0. The zero-order valence-electron chi connectivity index (χ0n) is 9.46. The highest BCUT2D eigenvalue weighted by atomic mass is 127. The molecule has 1 aliphatic rings. The monoisotopic (exact) mass is 346 g/mol. The smallest absolute Gasteiger partial charge is 0.161 e. The third kappa shape index (κ3) is 3.13. The largest absolute Gasteiger partial charge is 0.334 e. The molecule has 0 aromatic heterocycles. The highest BCUT2D eigenvalue weighted by Gasteiger charge is 2.23. The number of rotatable bonds is 1.